The van der Waals surface area contributed by atoms with Crippen LogP contribution >= 0.6 is 0 Å². The average Bonchev–Trinajstić information content (AvgIpc) is 3.31. The van der Waals surface area contributed by atoms with Crippen molar-refractivity contribution in [1.29, 1.82) is 0 Å². The molecular weight excluding hydrogens is 320 g/mol. The quantitative estimate of drug-likeness (QED) is 0.906. The summed E-state index contributed by atoms with van der Waals surface area (Å²) in [6, 6.07) is 1.60. The molecule has 2 aliphatic heterocycles. The second-order valence-electron chi connectivity index (χ2n) is 7.66. The highest BCUT2D eigenvalue weighted by molar-refractivity contribution is 5.95. The van der Waals surface area contributed by atoms with Crippen LogP contribution in [0.25, 0.3) is 0 Å². The fourth-order valence-electron chi connectivity index (χ4n) is 4.12. The third-order valence-electron chi connectivity index (χ3n) is 5.66. The van der Waals surface area contributed by atoms with Crippen molar-refractivity contribution in [3.05, 3.63) is 23.7 Å². The van der Waals surface area contributed by atoms with E-state index in [0.29, 0.717) is 36.8 Å². The molecule has 3 aliphatic rings. The lowest BCUT2D eigenvalue weighted by molar-refractivity contribution is -0.127. The van der Waals surface area contributed by atoms with Gasteiger partial charge in [-0.3, -0.25) is 9.59 Å². The van der Waals surface area contributed by atoms with Crippen LogP contribution in [0.1, 0.15) is 48.2 Å². The van der Waals surface area contributed by atoms with E-state index >= 15 is 0 Å². The number of piperidine rings is 1. The Morgan fingerprint density at radius 1 is 1.28 bits per heavy atom. The normalized spacial score (nSPS) is 29.2. The van der Waals surface area contributed by atoms with Crippen molar-refractivity contribution >= 4 is 11.8 Å². The van der Waals surface area contributed by atoms with Gasteiger partial charge in [0.15, 0.2) is 0 Å². The van der Waals surface area contributed by atoms with E-state index in [0.717, 1.165) is 32.3 Å². The van der Waals surface area contributed by atoms with Gasteiger partial charge in [-0.25, -0.2) is 0 Å². The number of hydrogen-bond acceptors (Lipinski definition) is 4. The van der Waals surface area contributed by atoms with Gasteiger partial charge in [0.1, 0.15) is 5.76 Å². The molecular formula is C19H26N2O4. The van der Waals surface area contributed by atoms with Crippen LogP contribution in [0, 0.1) is 18.8 Å². The van der Waals surface area contributed by atoms with Crippen LogP contribution in [0.2, 0.25) is 0 Å². The summed E-state index contributed by atoms with van der Waals surface area (Å²) >= 11 is 0. The Morgan fingerprint density at radius 2 is 2.12 bits per heavy atom. The van der Waals surface area contributed by atoms with E-state index in [9.17, 15) is 9.59 Å². The number of aryl methyl sites for hydroxylation is 1. The van der Waals surface area contributed by atoms with E-state index in [1.54, 1.807) is 19.3 Å². The van der Waals surface area contributed by atoms with Crippen LogP contribution in [0.3, 0.4) is 0 Å². The zero-order chi connectivity index (χ0) is 17.4. The summed E-state index contributed by atoms with van der Waals surface area (Å²) < 4.78 is 11.3. The highest BCUT2D eigenvalue weighted by atomic mass is 16.5. The molecule has 3 heterocycles. The highest BCUT2D eigenvalue weighted by Gasteiger charge is 2.42. The fourth-order valence-corrected chi connectivity index (χ4v) is 4.12. The summed E-state index contributed by atoms with van der Waals surface area (Å²) in [6.07, 6.45) is 6.53. The van der Waals surface area contributed by atoms with E-state index in [4.69, 9.17) is 9.15 Å². The van der Waals surface area contributed by atoms with Crippen LogP contribution in [-0.2, 0) is 9.53 Å². The second kappa shape index (κ2) is 6.83. The fraction of sp³-hybridized carbons (Fsp3) is 0.684. The lowest BCUT2D eigenvalue weighted by atomic mass is 9.85. The van der Waals surface area contributed by atoms with Crippen LogP contribution in [0.4, 0.5) is 0 Å². The molecule has 25 heavy (non-hydrogen) atoms. The van der Waals surface area contributed by atoms with E-state index < -0.39 is 0 Å². The summed E-state index contributed by atoms with van der Waals surface area (Å²) in [7, 11) is 0. The van der Waals surface area contributed by atoms with Crippen molar-refractivity contribution in [3.63, 3.8) is 0 Å². The first-order valence-electron chi connectivity index (χ1n) is 9.36. The maximum Gasteiger partial charge on any atom is 0.257 e. The molecule has 6 nitrogen and oxygen atoms in total. The monoisotopic (exact) mass is 346 g/mol. The number of carbonyl (C=O) groups is 2. The number of amides is 2. The van der Waals surface area contributed by atoms with E-state index in [2.05, 4.69) is 5.32 Å². The summed E-state index contributed by atoms with van der Waals surface area (Å²) in [4.78, 5) is 27.1. The predicted octanol–water partition coefficient (Wildman–Crippen LogP) is 2.12. The molecule has 1 saturated carbocycles. The lowest BCUT2D eigenvalue weighted by Crippen LogP contribution is -2.62. The highest BCUT2D eigenvalue weighted by Crippen LogP contribution is 2.33. The first-order chi connectivity index (χ1) is 12.1. The number of nitrogens with zero attached hydrogens (tertiary/aromatic N) is 1. The van der Waals surface area contributed by atoms with Crippen molar-refractivity contribution in [1.82, 2.24) is 10.2 Å². The smallest absolute Gasteiger partial charge is 0.257 e. The van der Waals surface area contributed by atoms with Gasteiger partial charge in [-0.05, 0) is 44.6 Å². The Balaban J connectivity index is 1.48. The molecule has 1 aliphatic carbocycles. The molecule has 1 N–H and O–H groups in total. The lowest BCUT2D eigenvalue weighted by Gasteiger charge is -2.46. The molecule has 1 aromatic heterocycles. The number of furan rings is 1. The minimum atomic E-state index is -0.124. The third-order valence-corrected chi connectivity index (χ3v) is 5.66. The van der Waals surface area contributed by atoms with Gasteiger partial charge in [0.05, 0.1) is 24.0 Å². The molecule has 0 radical (unpaired) electrons. The van der Waals surface area contributed by atoms with Gasteiger partial charge in [0.25, 0.3) is 5.91 Å². The molecule has 136 valence electrons. The molecule has 6 heteroatoms. The number of rotatable bonds is 4. The molecule has 0 bridgehead atoms. The first kappa shape index (κ1) is 16.6. The minimum Gasteiger partial charge on any atom is -0.469 e. The molecule has 0 spiro atoms. The number of nitrogens with one attached hydrogen (secondary N) is 1. The zero-order valence-corrected chi connectivity index (χ0v) is 14.7. The van der Waals surface area contributed by atoms with Gasteiger partial charge in [-0.15, -0.1) is 0 Å². The Bertz CT molecular complexity index is 652. The molecule has 0 unspecified atom stereocenters. The van der Waals surface area contributed by atoms with Gasteiger partial charge < -0.3 is 19.4 Å². The maximum absolute atomic E-state index is 12.9. The Hall–Kier alpha value is -1.82. The van der Waals surface area contributed by atoms with Crippen LogP contribution in [-0.4, -0.2) is 48.6 Å². The summed E-state index contributed by atoms with van der Waals surface area (Å²) in [5, 5.41) is 3.15. The van der Waals surface area contributed by atoms with Crippen molar-refractivity contribution in [2.45, 2.75) is 51.2 Å². The summed E-state index contributed by atoms with van der Waals surface area (Å²) in [5.41, 5.74) is 0.609. The third kappa shape index (κ3) is 3.59. The number of likely N-dealkylation sites (tertiary alicyclic amines) is 1. The molecule has 3 fully saturated rings. The second-order valence-corrected chi connectivity index (χ2v) is 7.66. The van der Waals surface area contributed by atoms with Gasteiger partial charge in [0.2, 0.25) is 5.91 Å². The van der Waals surface area contributed by atoms with Crippen molar-refractivity contribution in [3.8, 4) is 0 Å². The standard InChI is InChI=1S/C19H26N2O4/c1-12-15(6-8-24-12)19(23)21-10-14-3-2-7-25-18(14)16(11-21)20-17(22)9-13-4-5-13/h6,8,13-14,16,18H,2-5,7,9-11H2,1H3,(H,20,22)/t14-,16+,18-/m0/s1. The predicted molar refractivity (Wildman–Crippen MR) is 91.1 cm³/mol. The van der Waals surface area contributed by atoms with Gasteiger partial charge >= 0.3 is 0 Å². The average molecular weight is 346 g/mol. The van der Waals surface area contributed by atoms with Crippen LogP contribution in [0.15, 0.2) is 16.7 Å². The van der Waals surface area contributed by atoms with E-state index in [-0.39, 0.29) is 29.9 Å². The summed E-state index contributed by atoms with van der Waals surface area (Å²) in [5.74, 6) is 1.55. The SMILES string of the molecule is Cc1occc1C(=O)N1C[C@@H]2CCCO[C@@H]2[C@H](NC(=O)CC2CC2)C1. The molecule has 2 saturated heterocycles. The number of fused-ring (bicyclic) bond motifs is 1. The molecule has 3 atom stereocenters. The number of ether oxygens (including phenoxy) is 1. The number of hydrogen-bond donors (Lipinski definition) is 1. The van der Waals surface area contributed by atoms with Crippen molar-refractivity contribution < 1.29 is 18.7 Å². The minimum absolute atomic E-state index is 0.0169. The molecule has 4 rings (SSSR count). The molecule has 0 aromatic carbocycles. The van der Waals surface area contributed by atoms with Crippen molar-refractivity contribution in [2.75, 3.05) is 19.7 Å². The zero-order valence-electron chi connectivity index (χ0n) is 14.7. The van der Waals surface area contributed by atoms with Crippen molar-refractivity contribution in [2.24, 2.45) is 11.8 Å². The summed E-state index contributed by atoms with van der Waals surface area (Å²) in [6.45, 7) is 3.73. The van der Waals surface area contributed by atoms with Crippen LogP contribution in [0.5, 0.6) is 0 Å². The Kier molecular flexibility index (Phi) is 4.54. The van der Waals surface area contributed by atoms with E-state index in [1.807, 2.05) is 4.90 Å². The van der Waals surface area contributed by atoms with Gasteiger partial charge in [-0.2, -0.15) is 0 Å². The van der Waals surface area contributed by atoms with Gasteiger partial charge in [0, 0.05) is 32.0 Å². The molecule has 1 aromatic rings. The molecule has 2 amide bonds. The Morgan fingerprint density at radius 3 is 2.84 bits per heavy atom. The largest absolute Gasteiger partial charge is 0.469 e. The van der Waals surface area contributed by atoms with Gasteiger partial charge in [-0.1, -0.05) is 0 Å². The van der Waals surface area contributed by atoms with Crippen LogP contribution < -0.4 is 5.32 Å². The van der Waals surface area contributed by atoms with E-state index in [1.165, 1.54) is 0 Å². The Labute approximate surface area is 147 Å². The topological polar surface area (TPSA) is 71.8 Å². The maximum atomic E-state index is 12.9. The number of carbonyl (C=O) groups excluding carboxylic acids is 2. The first-order valence-corrected chi connectivity index (χ1v) is 9.36.